The van der Waals surface area contributed by atoms with E-state index in [1.807, 2.05) is 6.92 Å². The molecule has 0 aliphatic heterocycles. The number of fused-ring (bicyclic) bond motifs is 2. The van der Waals surface area contributed by atoms with Crippen LogP contribution in [0.5, 0.6) is 0 Å². The number of halogens is 2. The van der Waals surface area contributed by atoms with E-state index in [1.165, 1.54) is 30.7 Å². The molecule has 0 aliphatic carbocycles. The van der Waals surface area contributed by atoms with Crippen molar-refractivity contribution in [3.8, 4) is 33.8 Å². The third-order valence-electron chi connectivity index (χ3n) is 6.08. The fraction of sp³-hybridized carbons (Fsp3) is 0.111. The summed E-state index contributed by atoms with van der Waals surface area (Å²) in [6, 6.07) is 9.56. The number of imidazole rings is 1. The zero-order valence-corrected chi connectivity index (χ0v) is 20.1. The number of H-pyrrole nitrogens is 2. The van der Waals surface area contributed by atoms with Gasteiger partial charge in [0, 0.05) is 41.7 Å². The fourth-order valence-corrected chi connectivity index (χ4v) is 4.34. The van der Waals surface area contributed by atoms with Crippen LogP contribution in [0.3, 0.4) is 0 Å². The number of rotatable bonds is 6. The van der Waals surface area contributed by atoms with Crippen molar-refractivity contribution in [3.05, 3.63) is 72.8 Å². The number of aromatic amines is 2. The summed E-state index contributed by atoms with van der Waals surface area (Å²) in [4.78, 5) is 32.6. The van der Waals surface area contributed by atoms with Crippen LogP contribution in [-0.4, -0.2) is 41.0 Å². The van der Waals surface area contributed by atoms with E-state index >= 15 is 4.39 Å². The number of hydrogen-bond donors (Lipinski definition) is 3. The van der Waals surface area contributed by atoms with E-state index in [-0.39, 0.29) is 39.8 Å². The summed E-state index contributed by atoms with van der Waals surface area (Å²) in [5.41, 5.74) is 3.79. The first kappa shape index (κ1) is 23.3. The average molecular weight is 511 g/mol. The molecule has 5 aromatic heterocycles. The zero-order valence-electron chi connectivity index (χ0n) is 20.1. The van der Waals surface area contributed by atoms with Gasteiger partial charge in [-0.15, -0.1) is 0 Å². The third kappa shape index (κ3) is 4.13. The first-order valence-electron chi connectivity index (χ1n) is 11.9. The number of benzene rings is 1. The van der Waals surface area contributed by atoms with Gasteiger partial charge in [0.2, 0.25) is 5.91 Å². The van der Waals surface area contributed by atoms with Crippen molar-refractivity contribution in [1.29, 1.82) is 0 Å². The number of pyridine rings is 3. The lowest BCUT2D eigenvalue weighted by Gasteiger charge is -2.08. The van der Waals surface area contributed by atoms with Crippen molar-refractivity contribution in [2.75, 3.05) is 5.32 Å². The Balaban J connectivity index is 1.44. The van der Waals surface area contributed by atoms with E-state index in [9.17, 15) is 9.18 Å². The standard InChI is InChI=1S/C27H20F2N8O/c1-2-4-20(38)33-17-10-15(11-30-12-17)19-13-32-25-21(22(19)29)24(36-37-25)27-34-23-18(7-8-31-26(23)35-27)14-5-3-6-16(28)9-14/h3,5-13H,2,4H2,1H3,(H,33,38)(H,31,34,35)(H,32,36,37). The molecule has 0 saturated carbocycles. The molecule has 0 fully saturated rings. The summed E-state index contributed by atoms with van der Waals surface area (Å²) in [6.07, 6.45) is 7.05. The van der Waals surface area contributed by atoms with Crippen LogP contribution in [0.2, 0.25) is 0 Å². The molecule has 0 bridgehead atoms. The van der Waals surface area contributed by atoms with Crippen LogP contribution in [-0.2, 0) is 4.79 Å². The summed E-state index contributed by atoms with van der Waals surface area (Å²) >= 11 is 0. The van der Waals surface area contributed by atoms with Crippen molar-refractivity contribution >= 4 is 33.8 Å². The number of nitrogens with one attached hydrogen (secondary N) is 3. The Morgan fingerprint density at radius 3 is 2.74 bits per heavy atom. The third-order valence-corrected chi connectivity index (χ3v) is 6.08. The van der Waals surface area contributed by atoms with Crippen LogP contribution in [0.25, 0.3) is 56.0 Å². The summed E-state index contributed by atoms with van der Waals surface area (Å²) in [5, 5.41) is 9.93. The number of anilines is 1. The number of aromatic nitrogens is 7. The Kier molecular flexibility index (Phi) is 5.79. The summed E-state index contributed by atoms with van der Waals surface area (Å²) < 4.78 is 29.8. The van der Waals surface area contributed by atoms with Gasteiger partial charge in [-0.2, -0.15) is 5.10 Å². The number of carbonyl (C=O) groups excluding carboxylic acids is 1. The smallest absolute Gasteiger partial charge is 0.224 e. The normalized spacial score (nSPS) is 11.3. The lowest BCUT2D eigenvalue weighted by atomic mass is 10.1. The van der Waals surface area contributed by atoms with Gasteiger partial charge in [-0.05, 0) is 36.2 Å². The molecule has 0 spiro atoms. The molecule has 0 radical (unpaired) electrons. The molecule has 5 heterocycles. The fourth-order valence-electron chi connectivity index (χ4n) is 4.34. The second kappa shape index (κ2) is 9.43. The molecule has 38 heavy (non-hydrogen) atoms. The van der Waals surface area contributed by atoms with Gasteiger partial charge in [0.1, 0.15) is 22.8 Å². The SMILES string of the molecule is CCCC(=O)Nc1cncc(-c2cnc3[nH]nc(-c4nc5c(-c6cccc(F)c6)ccnc5[nH]4)c3c2F)c1. The monoisotopic (exact) mass is 510 g/mol. The molecule has 188 valence electrons. The molecule has 6 aromatic rings. The summed E-state index contributed by atoms with van der Waals surface area (Å²) in [5.74, 6) is -0.810. The highest BCUT2D eigenvalue weighted by molar-refractivity contribution is 5.97. The highest BCUT2D eigenvalue weighted by atomic mass is 19.1. The Morgan fingerprint density at radius 1 is 1.00 bits per heavy atom. The second-order valence-electron chi connectivity index (χ2n) is 8.69. The predicted octanol–water partition coefficient (Wildman–Crippen LogP) is 5.64. The minimum atomic E-state index is -0.573. The Morgan fingerprint density at radius 2 is 1.89 bits per heavy atom. The molecule has 0 aliphatic rings. The topological polar surface area (TPSA) is 125 Å². The lowest BCUT2D eigenvalue weighted by Crippen LogP contribution is -2.10. The van der Waals surface area contributed by atoms with Crippen LogP contribution < -0.4 is 5.32 Å². The van der Waals surface area contributed by atoms with Gasteiger partial charge in [0.15, 0.2) is 17.1 Å². The van der Waals surface area contributed by atoms with Gasteiger partial charge >= 0.3 is 0 Å². The highest BCUT2D eigenvalue weighted by Crippen LogP contribution is 2.34. The maximum Gasteiger partial charge on any atom is 0.224 e. The molecule has 0 atom stereocenters. The van der Waals surface area contributed by atoms with E-state index in [2.05, 4.69) is 40.4 Å². The Bertz CT molecular complexity index is 1830. The zero-order chi connectivity index (χ0) is 26.2. The molecule has 11 heteroatoms. The molecule has 1 amide bonds. The molecular formula is C27H20F2N8O. The van der Waals surface area contributed by atoms with Crippen molar-refractivity contribution in [2.45, 2.75) is 19.8 Å². The van der Waals surface area contributed by atoms with Gasteiger partial charge in [0.25, 0.3) is 0 Å². The van der Waals surface area contributed by atoms with Gasteiger partial charge in [-0.25, -0.2) is 23.7 Å². The molecular weight excluding hydrogens is 490 g/mol. The molecule has 1 aromatic carbocycles. The molecule has 6 rings (SSSR count). The first-order valence-corrected chi connectivity index (χ1v) is 11.9. The predicted molar refractivity (Wildman–Crippen MR) is 139 cm³/mol. The summed E-state index contributed by atoms with van der Waals surface area (Å²) in [7, 11) is 0. The van der Waals surface area contributed by atoms with Crippen molar-refractivity contribution in [1.82, 2.24) is 35.1 Å². The Hall–Kier alpha value is -5.06. The van der Waals surface area contributed by atoms with Gasteiger partial charge in [0.05, 0.1) is 17.3 Å². The second-order valence-corrected chi connectivity index (χ2v) is 8.69. The van der Waals surface area contributed by atoms with Crippen LogP contribution in [0.1, 0.15) is 19.8 Å². The minimum Gasteiger partial charge on any atom is -0.325 e. The lowest BCUT2D eigenvalue weighted by molar-refractivity contribution is -0.116. The molecule has 9 nitrogen and oxygen atoms in total. The maximum absolute atomic E-state index is 16.0. The number of nitrogens with zero attached hydrogens (tertiary/aromatic N) is 5. The summed E-state index contributed by atoms with van der Waals surface area (Å²) in [6.45, 7) is 1.91. The number of hydrogen-bond acceptors (Lipinski definition) is 6. The van der Waals surface area contributed by atoms with E-state index in [0.29, 0.717) is 46.4 Å². The molecule has 0 saturated heterocycles. The van der Waals surface area contributed by atoms with Crippen LogP contribution in [0.4, 0.5) is 14.5 Å². The van der Waals surface area contributed by atoms with E-state index in [1.54, 1.807) is 30.5 Å². The highest BCUT2D eigenvalue weighted by Gasteiger charge is 2.22. The van der Waals surface area contributed by atoms with Crippen LogP contribution >= 0.6 is 0 Å². The minimum absolute atomic E-state index is 0.134. The molecule has 0 unspecified atom stereocenters. The number of amides is 1. The number of carbonyl (C=O) groups is 1. The Labute approximate surface area is 214 Å². The molecule has 3 N–H and O–H groups in total. The van der Waals surface area contributed by atoms with Crippen molar-refractivity contribution in [3.63, 3.8) is 0 Å². The van der Waals surface area contributed by atoms with Crippen LogP contribution in [0.15, 0.2) is 61.2 Å². The first-order chi connectivity index (χ1) is 18.5. The largest absolute Gasteiger partial charge is 0.325 e. The van der Waals surface area contributed by atoms with Gasteiger partial charge in [-0.1, -0.05) is 19.1 Å². The quantitative estimate of drug-likeness (QED) is 0.266. The van der Waals surface area contributed by atoms with Crippen molar-refractivity contribution in [2.24, 2.45) is 0 Å². The van der Waals surface area contributed by atoms with Gasteiger partial charge in [-0.3, -0.25) is 14.9 Å². The van der Waals surface area contributed by atoms with Gasteiger partial charge < -0.3 is 10.3 Å². The van der Waals surface area contributed by atoms with Crippen LogP contribution in [0, 0.1) is 11.6 Å². The van der Waals surface area contributed by atoms with E-state index in [4.69, 9.17) is 0 Å². The van der Waals surface area contributed by atoms with Crippen molar-refractivity contribution < 1.29 is 13.6 Å². The average Bonchev–Trinajstić information content (AvgIpc) is 3.54. The maximum atomic E-state index is 16.0. The van der Waals surface area contributed by atoms with E-state index in [0.717, 1.165) is 0 Å². The van der Waals surface area contributed by atoms with E-state index < -0.39 is 5.82 Å².